The summed E-state index contributed by atoms with van der Waals surface area (Å²) in [5.74, 6) is -0.830. The van der Waals surface area contributed by atoms with E-state index in [-0.39, 0.29) is 71.0 Å². The fourth-order valence-corrected chi connectivity index (χ4v) is 11.1. The van der Waals surface area contributed by atoms with Gasteiger partial charge in [-0.15, -0.1) is 11.3 Å². The lowest BCUT2D eigenvalue weighted by Gasteiger charge is -2.39. The zero-order chi connectivity index (χ0) is 44.4. The van der Waals surface area contributed by atoms with Crippen molar-refractivity contribution in [3.8, 4) is 21.8 Å². The minimum absolute atomic E-state index is 0.00690. The van der Waals surface area contributed by atoms with Crippen molar-refractivity contribution in [3.05, 3.63) is 65.2 Å². The van der Waals surface area contributed by atoms with Gasteiger partial charge in [-0.3, -0.25) is 29.2 Å². The Hall–Kier alpha value is -5.60. The van der Waals surface area contributed by atoms with E-state index in [1.165, 1.54) is 30.6 Å². The summed E-state index contributed by atoms with van der Waals surface area (Å²) in [6, 6.07) is 9.97. The summed E-state index contributed by atoms with van der Waals surface area (Å²) in [6.07, 6.45) is 7.98. The monoisotopic (exact) mass is 901 g/mol. The van der Waals surface area contributed by atoms with Crippen LogP contribution in [0.3, 0.4) is 0 Å². The first-order valence-corrected chi connectivity index (χ1v) is 23.8. The van der Waals surface area contributed by atoms with Gasteiger partial charge in [-0.25, -0.2) is 24.3 Å². The van der Waals surface area contributed by atoms with Gasteiger partial charge in [0.05, 0.1) is 32.9 Å². The van der Waals surface area contributed by atoms with Crippen molar-refractivity contribution in [2.45, 2.75) is 70.1 Å². The molecule has 0 aliphatic carbocycles. The van der Waals surface area contributed by atoms with Crippen LogP contribution in [0.2, 0.25) is 0 Å². The van der Waals surface area contributed by atoms with Crippen LogP contribution in [0, 0.1) is 17.7 Å². The molecule has 20 heteroatoms. The Balaban J connectivity index is 0.848. The molecule has 1 unspecified atom stereocenters. The number of nitrogens with zero attached hydrogens (tertiary/aromatic N) is 8. The molecule has 8 rings (SSSR count). The molecule has 7 heterocycles. The van der Waals surface area contributed by atoms with Crippen molar-refractivity contribution >= 4 is 62.6 Å². The smallest absolute Gasteiger partial charge is 0.301 e. The van der Waals surface area contributed by atoms with Crippen molar-refractivity contribution in [1.82, 2.24) is 39.4 Å². The third-order valence-electron chi connectivity index (χ3n) is 12.8. The summed E-state index contributed by atoms with van der Waals surface area (Å²) in [5, 5.41) is 3.16. The van der Waals surface area contributed by atoms with Gasteiger partial charge in [0.2, 0.25) is 29.6 Å². The van der Waals surface area contributed by atoms with Gasteiger partial charge in [-0.1, -0.05) is 19.1 Å². The minimum Gasteiger partial charge on any atom is -0.368 e. The van der Waals surface area contributed by atoms with Crippen LogP contribution in [0.1, 0.15) is 80.7 Å². The molecular weight excluding hydrogens is 850 g/mol. The number of likely N-dealkylation sites (tertiary alicyclic amines) is 2. The number of anilines is 3. The summed E-state index contributed by atoms with van der Waals surface area (Å²) in [4.78, 5) is 75.8. The second-order valence-corrected chi connectivity index (χ2v) is 19.4. The number of nitrogen functional groups attached to an aromatic ring is 1. The molecule has 0 saturated carbocycles. The van der Waals surface area contributed by atoms with Crippen LogP contribution in [0.4, 0.5) is 21.8 Å². The van der Waals surface area contributed by atoms with E-state index in [9.17, 15) is 27.6 Å². The van der Waals surface area contributed by atoms with Crippen LogP contribution in [-0.4, -0.2) is 119 Å². The molecule has 1 aromatic carbocycles. The average molecular weight is 902 g/mol. The number of amides is 4. The summed E-state index contributed by atoms with van der Waals surface area (Å²) in [7, 11) is -2.59. The highest BCUT2D eigenvalue weighted by molar-refractivity contribution is 7.90. The number of carbonyl (C=O) groups is 4. The van der Waals surface area contributed by atoms with E-state index >= 15 is 4.39 Å². The maximum Gasteiger partial charge on any atom is 0.301 e. The first-order valence-electron chi connectivity index (χ1n) is 21.5. The molecule has 334 valence electrons. The Morgan fingerprint density at radius 3 is 2.19 bits per heavy atom. The number of piperidine rings is 4. The lowest BCUT2D eigenvalue weighted by atomic mass is 9.90. The zero-order valence-corrected chi connectivity index (χ0v) is 37.0. The molecule has 4 saturated heterocycles. The van der Waals surface area contributed by atoms with Crippen molar-refractivity contribution in [2.24, 2.45) is 11.8 Å². The number of benzene rings is 1. The molecule has 0 bridgehead atoms. The van der Waals surface area contributed by atoms with Crippen LogP contribution in [-0.2, 0) is 29.4 Å². The first kappa shape index (κ1) is 44.0. The quantitative estimate of drug-likeness (QED) is 0.179. The Morgan fingerprint density at radius 2 is 1.57 bits per heavy atom. The van der Waals surface area contributed by atoms with E-state index in [4.69, 9.17) is 10.7 Å². The number of carbonyl (C=O) groups excluding carboxylic acids is 4. The van der Waals surface area contributed by atoms with Crippen LogP contribution >= 0.6 is 11.3 Å². The molecular formula is C43H52FN11O6S2. The van der Waals surface area contributed by atoms with Crippen LogP contribution in [0.25, 0.3) is 21.8 Å². The maximum atomic E-state index is 16.2. The van der Waals surface area contributed by atoms with Gasteiger partial charge in [0.25, 0.3) is 0 Å². The SMILES string of the molecule is CCN(C)S(=O)(=O)Nc1cccc(-c2nc(C3CCN(C(=O)C4CCN(C(=O)C5CCN(c6ccc(C7CCC(=O)NC7=O)cn6)CC5)CC4)CC3)sc2-c2ccnc(N)n2)c1F. The second kappa shape index (κ2) is 18.6. The Labute approximate surface area is 369 Å². The fourth-order valence-electron chi connectivity index (χ4n) is 8.92. The van der Waals surface area contributed by atoms with Crippen molar-refractivity contribution < 1.29 is 32.0 Å². The van der Waals surface area contributed by atoms with Crippen molar-refractivity contribution in [1.29, 1.82) is 0 Å². The summed E-state index contributed by atoms with van der Waals surface area (Å²) < 4.78 is 45.2. The first-order chi connectivity index (χ1) is 30.3. The predicted molar refractivity (Wildman–Crippen MR) is 236 cm³/mol. The van der Waals surface area contributed by atoms with Gasteiger partial charge in [0, 0.05) is 95.0 Å². The third-order valence-corrected chi connectivity index (χ3v) is 15.6. The summed E-state index contributed by atoms with van der Waals surface area (Å²) in [5.41, 5.74) is 7.42. The number of nitrogens with two attached hydrogens (primary N) is 1. The normalized spacial score (nSPS) is 19.7. The van der Waals surface area contributed by atoms with E-state index in [1.807, 2.05) is 21.9 Å². The number of halogens is 1. The maximum absolute atomic E-state index is 16.2. The highest BCUT2D eigenvalue weighted by Gasteiger charge is 2.36. The van der Waals surface area contributed by atoms with Crippen molar-refractivity contribution in [2.75, 3.05) is 68.2 Å². The second-order valence-electron chi connectivity index (χ2n) is 16.6. The Morgan fingerprint density at radius 1 is 0.905 bits per heavy atom. The number of pyridine rings is 1. The van der Waals surface area contributed by atoms with E-state index in [1.54, 1.807) is 31.3 Å². The predicted octanol–water partition coefficient (Wildman–Crippen LogP) is 4.37. The molecule has 4 amide bonds. The molecule has 4 aliphatic rings. The molecule has 4 fully saturated rings. The van der Waals surface area contributed by atoms with Gasteiger partial charge in [0.15, 0.2) is 5.82 Å². The van der Waals surface area contributed by atoms with Gasteiger partial charge < -0.3 is 20.4 Å². The Bertz CT molecular complexity index is 2460. The molecule has 4 aliphatic heterocycles. The molecule has 0 spiro atoms. The average Bonchev–Trinajstić information content (AvgIpc) is 3.74. The van der Waals surface area contributed by atoms with E-state index in [2.05, 4.69) is 29.9 Å². The molecule has 4 aromatic rings. The molecule has 63 heavy (non-hydrogen) atoms. The fraction of sp³-hybridized carbons (Fsp3) is 0.488. The van der Waals surface area contributed by atoms with Gasteiger partial charge >= 0.3 is 10.2 Å². The lowest BCUT2D eigenvalue weighted by molar-refractivity contribution is -0.143. The topological polar surface area (TPSA) is 217 Å². The third kappa shape index (κ3) is 9.52. The lowest BCUT2D eigenvalue weighted by Crippen LogP contribution is -2.48. The largest absolute Gasteiger partial charge is 0.368 e. The molecule has 0 radical (unpaired) electrons. The summed E-state index contributed by atoms with van der Waals surface area (Å²) in [6.45, 7) is 5.43. The minimum atomic E-state index is -3.99. The standard InChI is InChI=1S/C43H52FN11O6S2/c1-3-52(2)63(60,61)51-32-6-4-5-31(36(32)44)37-38(33-11-18-46-43(45)48-33)62-40(50-37)26-12-21-54(22-13-26)42(59)28-16-23-55(24-17-28)41(58)27-14-19-53(20-15-27)34-9-7-29(25-47-34)30-8-10-35(56)49-39(30)57/h4-7,9,11,18,25-28,30,51H,3,8,10,12-17,19-24H2,1-2H3,(H2,45,46,48)(H,49,56,57). The van der Waals surface area contributed by atoms with Gasteiger partial charge in [0.1, 0.15) is 5.82 Å². The number of rotatable bonds is 11. The van der Waals surface area contributed by atoms with E-state index in [0.29, 0.717) is 107 Å². The number of imide groups is 1. The number of hydrogen-bond donors (Lipinski definition) is 3. The van der Waals surface area contributed by atoms with Crippen LogP contribution in [0.15, 0.2) is 48.8 Å². The molecule has 4 N–H and O–H groups in total. The van der Waals surface area contributed by atoms with Crippen LogP contribution in [0.5, 0.6) is 0 Å². The zero-order valence-electron chi connectivity index (χ0n) is 35.3. The van der Waals surface area contributed by atoms with E-state index < -0.39 is 16.0 Å². The van der Waals surface area contributed by atoms with Gasteiger partial charge in [-0.05, 0) is 74.8 Å². The molecule has 17 nitrogen and oxygen atoms in total. The van der Waals surface area contributed by atoms with E-state index in [0.717, 1.165) is 20.7 Å². The van der Waals surface area contributed by atoms with Gasteiger partial charge in [-0.2, -0.15) is 12.7 Å². The molecule has 1 atom stereocenters. The molecule has 3 aromatic heterocycles. The highest BCUT2D eigenvalue weighted by Crippen LogP contribution is 2.43. The number of hydrogen-bond acceptors (Lipinski definition) is 13. The summed E-state index contributed by atoms with van der Waals surface area (Å²) >= 11 is 1.38. The number of thiazole rings is 1. The Kier molecular flexibility index (Phi) is 13.0. The van der Waals surface area contributed by atoms with Crippen molar-refractivity contribution in [3.63, 3.8) is 0 Å². The number of aromatic nitrogens is 4. The van der Waals surface area contributed by atoms with Crippen LogP contribution < -0.4 is 20.7 Å². The number of nitrogens with one attached hydrogen (secondary N) is 2. The highest BCUT2D eigenvalue weighted by atomic mass is 32.2.